The van der Waals surface area contributed by atoms with Gasteiger partial charge >= 0.3 is 0 Å². The van der Waals surface area contributed by atoms with Crippen molar-refractivity contribution in [3.05, 3.63) is 108 Å². The van der Waals surface area contributed by atoms with Crippen LogP contribution in [0, 0.1) is 23.0 Å². The highest BCUT2D eigenvalue weighted by Gasteiger charge is 2.16. The maximum atomic E-state index is 14.2. The van der Waals surface area contributed by atoms with Crippen molar-refractivity contribution in [2.24, 2.45) is 10.7 Å². The van der Waals surface area contributed by atoms with Crippen LogP contribution in [0.2, 0.25) is 0 Å². The molecule has 1 heterocycles. The number of nitrogens with one attached hydrogen (secondary N) is 1. The van der Waals surface area contributed by atoms with Crippen molar-refractivity contribution in [3.63, 3.8) is 0 Å². The molecule has 3 N–H and O–H groups in total. The Hall–Kier alpha value is -4.88. The van der Waals surface area contributed by atoms with Crippen LogP contribution in [-0.4, -0.2) is 21.6 Å². The van der Waals surface area contributed by atoms with Crippen LogP contribution in [0.4, 0.5) is 20.2 Å². The van der Waals surface area contributed by atoms with Gasteiger partial charge in [0.05, 0.1) is 29.7 Å². The van der Waals surface area contributed by atoms with Crippen molar-refractivity contribution in [2.75, 3.05) is 11.3 Å². The van der Waals surface area contributed by atoms with E-state index >= 15 is 0 Å². The number of ether oxygens (including phenoxy) is 1. The summed E-state index contributed by atoms with van der Waals surface area (Å²) in [5.74, 6) is -1.16. The average Bonchev–Trinajstić information content (AvgIpc) is 2.95. The lowest BCUT2D eigenvalue weighted by molar-refractivity contribution is 0.329. The zero-order valence-electron chi connectivity index (χ0n) is 22.4. The Morgan fingerprint density at radius 3 is 2.59 bits per heavy atom. The summed E-state index contributed by atoms with van der Waals surface area (Å²) in [6.45, 7) is 3.96. The summed E-state index contributed by atoms with van der Waals surface area (Å²) < 4.78 is 48.6. The Morgan fingerprint density at radius 2 is 1.90 bits per heavy atom. The van der Waals surface area contributed by atoms with Crippen LogP contribution < -0.4 is 15.2 Å². The molecule has 0 amide bonds. The summed E-state index contributed by atoms with van der Waals surface area (Å²) in [5, 5.41) is 9.01. The van der Waals surface area contributed by atoms with Gasteiger partial charge in [0.15, 0.2) is 11.0 Å². The molecule has 0 aliphatic carbocycles. The number of aliphatic imine (C=N–C) groups is 1. The van der Waals surface area contributed by atoms with E-state index in [1.165, 1.54) is 0 Å². The topological polar surface area (TPSA) is 113 Å². The number of hydrogen-bond acceptors (Lipinski definition) is 5. The van der Waals surface area contributed by atoms with E-state index in [2.05, 4.69) is 20.8 Å². The Bertz CT molecular complexity index is 1680. The Morgan fingerprint density at radius 1 is 1.12 bits per heavy atom. The number of amidine groups is 1. The highest BCUT2D eigenvalue weighted by Crippen LogP contribution is 2.31. The molecule has 10 heteroatoms. The number of nitriles is 1. The van der Waals surface area contributed by atoms with Gasteiger partial charge in [-0.15, -0.1) is 0 Å². The molecule has 0 saturated heterocycles. The lowest BCUT2D eigenvalue weighted by atomic mass is 10.0. The third kappa shape index (κ3) is 7.21. The largest absolute Gasteiger partial charge is 0.476 e. The van der Waals surface area contributed by atoms with Crippen molar-refractivity contribution in [1.82, 2.24) is 4.98 Å². The number of benzene rings is 3. The van der Waals surface area contributed by atoms with Crippen LogP contribution in [-0.2, 0) is 17.4 Å². The molecule has 41 heavy (non-hydrogen) atoms. The lowest BCUT2D eigenvalue weighted by Gasteiger charge is -2.13. The standard InChI is InChI=1S/C31H27F2N5O2S/c1-3-26(22-7-5-6-20(16-22)14-15-34)30(35)37-25-11-8-21(9-12-25)23-17-28(31(36-19-23)40-4-2)38-41(39)29-13-10-24(32)18-27(29)33/h3,5-13,16-19,38H,4,14H2,1-2H3,(H2,35,37)/b26-3-. The molecule has 208 valence electrons. The fourth-order valence-electron chi connectivity index (χ4n) is 4.05. The van der Waals surface area contributed by atoms with E-state index in [1.807, 2.05) is 49.4 Å². The van der Waals surface area contributed by atoms with Crippen molar-refractivity contribution in [3.8, 4) is 23.1 Å². The molecule has 0 bridgehead atoms. The Labute approximate surface area is 239 Å². The van der Waals surface area contributed by atoms with E-state index in [9.17, 15) is 13.0 Å². The van der Waals surface area contributed by atoms with Gasteiger partial charge in [0.2, 0.25) is 5.88 Å². The molecule has 1 atom stereocenters. The molecular formula is C31H27F2N5O2S. The molecular weight excluding hydrogens is 544 g/mol. The van der Waals surface area contributed by atoms with Crippen LogP contribution in [0.3, 0.4) is 0 Å². The lowest BCUT2D eigenvalue weighted by Crippen LogP contribution is -2.13. The van der Waals surface area contributed by atoms with Crippen LogP contribution in [0.15, 0.2) is 95.0 Å². The highest BCUT2D eigenvalue weighted by molar-refractivity contribution is 7.86. The summed E-state index contributed by atoms with van der Waals surface area (Å²) in [4.78, 5) is 8.71. The van der Waals surface area contributed by atoms with Crippen LogP contribution in [0.25, 0.3) is 16.7 Å². The fourth-order valence-corrected chi connectivity index (χ4v) is 4.93. The van der Waals surface area contributed by atoms with Gasteiger partial charge in [0.1, 0.15) is 23.2 Å². The third-order valence-electron chi connectivity index (χ3n) is 5.96. The predicted molar refractivity (Wildman–Crippen MR) is 158 cm³/mol. The van der Waals surface area contributed by atoms with Crippen molar-refractivity contribution >= 4 is 33.8 Å². The summed E-state index contributed by atoms with van der Waals surface area (Å²) in [7, 11) is -2.03. The fraction of sp³-hybridized carbons (Fsp3) is 0.129. The third-order valence-corrected chi connectivity index (χ3v) is 7.10. The Kier molecular flexibility index (Phi) is 9.55. The van der Waals surface area contributed by atoms with Crippen molar-refractivity contribution in [2.45, 2.75) is 25.2 Å². The van der Waals surface area contributed by atoms with Crippen LogP contribution in [0.1, 0.15) is 25.0 Å². The van der Waals surface area contributed by atoms with Crippen molar-refractivity contribution < 1.29 is 17.7 Å². The second-order valence-corrected chi connectivity index (χ2v) is 9.92. The Balaban J connectivity index is 1.58. The second kappa shape index (κ2) is 13.5. The molecule has 0 saturated carbocycles. The predicted octanol–water partition coefficient (Wildman–Crippen LogP) is 6.72. The maximum Gasteiger partial charge on any atom is 0.238 e. The van der Waals surface area contributed by atoms with Gasteiger partial charge in [-0.2, -0.15) is 5.26 Å². The van der Waals surface area contributed by atoms with Gasteiger partial charge in [-0.05, 0) is 66.9 Å². The number of pyridine rings is 1. The molecule has 0 fully saturated rings. The van der Waals surface area contributed by atoms with E-state index in [-0.39, 0.29) is 16.5 Å². The van der Waals surface area contributed by atoms with Gasteiger partial charge in [-0.25, -0.2) is 23.0 Å². The molecule has 0 radical (unpaired) electrons. The number of allylic oxidation sites excluding steroid dienone is 1. The number of hydrogen-bond donors (Lipinski definition) is 2. The van der Waals surface area contributed by atoms with Gasteiger partial charge in [-0.1, -0.05) is 36.4 Å². The molecule has 0 spiro atoms. The van der Waals surface area contributed by atoms with E-state index in [0.717, 1.165) is 34.4 Å². The van der Waals surface area contributed by atoms with E-state index < -0.39 is 22.6 Å². The molecule has 7 nitrogen and oxygen atoms in total. The van der Waals surface area contributed by atoms with Gasteiger partial charge < -0.3 is 10.5 Å². The van der Waals surface area contributed by atoms with E-state index in [1.54, 1.807) is 31.3 Å². The summed E-state index contributed by atoms with van der Waals surface area (Å²) in [6.07, 6.45) is 3.79. The van der Waals surface area contributed by atoms with Gasteiger partial charge in [0, 0.05) is 23.4 Å². The summed E-state index contributed by atoms with van der Waals surface area (Å²) in [6, 6.07) is 21.6. The molecule has 0 aliphatic heterocycles. The molecule has 4 aromatic rings. The number of halogens is 2. The van der Waals surface area contributed by atoms with E-state index in [4.69, 9.17) is 15.7 Å². The number of aromatic nitrogens is 1. The van der Waals surface area contributed by atoms with Crippen LogP contribution in [0.5, 0.6) is 5.88 Å². The summed E-state index contributed by atoms with van der Waals surface area (Å²) in [5.41, 5.74) is 11.3. The molecule has 4 rings (SSSR count). The number of nitrogens with zero attached hydrogens (tertiary/aromatic N) is 3. The molecule has 1 unspecified atom stereocenters. The minimum atomic E-state index is -2.03. The normalized spacial score (nSPS) is 12.5. The molecule has 3 aromatic carbocycles. The number of rotatable bonds is 10. The van der Waals surface area contributed by atoms with Gasteiger partial charge in [0.25, 0.3) is 0 Å². The van der Waals surface area contributed by atoms with Crippen molar-refractivity contribution in [1.29, 1.82) is 5.26 Å². The minimum absolute atomic E-state index is 0.193. The van der Waals surface area contributed by atoms with Gasteiger partial charge in [-0.3, -0.25) is 4.72 Å². The molecule has 1 aromatic heterocycles. The zero-order valence-corrected chi connectivity index (χ0v) is 23.2. The monoisotopic (exact) mass is 571 g/mol. The first kappa shape index (κ1) is 29.1. The first-order valence-corrected chi connectivity index (χ1v) is 13.8. The summed E-state index contributed by atoms with van der Waals surface area (Å²) >= 11 is 0. The highest BCUT2D eigenvalue weighted by atomic mass is 32.2. The maximum absolute atomic E-state index is 14.2. The quantitative estimate of drug-likeness (QED) is 0.162. The van der Waals surface area contributed by atoms with E-state index in [0.29, 0.717) is 36.2 Å². The number of nitrogens with two attached hydrogens (primary N) is 1. The average molecular weight is 572 g/mol. The first-order chi connectivity index (χ1) is 19.8. The molecule has 0 aliphatic rings. The second-order valence-electron chi connectivity index (χ2n) is 8.74. The van der Waals surface area contributed by atoms with Crippen LogP contribution >= 0.6 is 0 Å². The SMILES string of the molecule is C/C=C(\C(N)=Nc1ccc(-c2cnc(OCC)c(NS(=O)c3ccc(F)cc3F)c2)cc1)c1cccc(CC#N)c1. The minimum Gasteiger partial charge on any atom is -0.476 e. The first-order valence-electron chi connectivity index (χ1n) is 12.7. The smallest absolute Gasteiger partial charge is 0.238 e. The zero-order chi connectivity index (χ0) is 29.4. The number of anilines is 1.